The Kier molecular flexibility index (Phi) is 1.69. The second-order valence-electron chi connectivity index (χ2n) is 3.57. The lowest BCUT2D eigenvalue weighted by Crippen LogP contribution is -2.58. The molecule has 4 atom stereocenters. The van der Waals surface area contributed by atoms with Crippen molar-refractivity contribution in [3.05, 3.63) is 0 Å². The number of rotatable bonds is 1. The van der Waals surface area contributed by atoms with Crippen LogP contribution < -0.4 is 5.32 Å². The van der Waals surface area contributed by atoms with E-state index in [0.29, 0.717) is 6.04 Å². The molecule has 0 radical (unpaired) electrons. The van der Waals surface area contributed by atoms with Crippen molar-refractivity contribution in [1.82, 2.24) is 5.32 Å². The Morgan fingerprint density at radius 1 is 1.45 bits per heavy atom. The van der Waals surface area contributed by atoms with Gasteiger partial charge in [0, 0.05) is 12.0 Å². The highest BCUT2D eigenvalue weighted by Crippen LogP contribution is 2.32. The molecule has 0 amide bonds. The zero-order valence-corrected chi connectivity index (χ0v) is 6.36. The van der Waals surface area contributed by atoms with Crippen LogP contribution >= 0.6 is 0 Å². The Morgan fingerprint density at radius 2 is 2.27 bits per heavy atom. The third-order valence-corrected chi connectivity index (χ3v) is 2.90. The summed E-state index contributed by atoms with van der Waals surface area (Å²) < 4.78 is 0. The number of aldehydes is 1. The van der Waals surface area contributed by atoms with Gasteiger partial charge in [0.05, 0.1) is 12.1 Å². The smallest absolute Gasteiger partial charge is 0.137 e. The van der Waals surface area contributed by atoms with Gasteiger partial charge in [0.15, 0.2) is 0 Å². The zero-order valence-electron chi connectivity index (χ0n) is 6.36. The average Bonchev–Trinajstić information content (AvgIpc) is 2.04. The van der Waals surface area contributed by atoms with Crippen LogP contribution in [0.4, 0.5) is 0 Å². The van der Waals surface area contributed by atoms with E-state index in [1.54, 1.807) is 0 Å². The molecule has 0 unspecified atom stereocenters. The zero-order chi connectivity index (χ0) is 7.84. The highest BCUT2D eigenvalue weighted by Gasteiger charge is 2.40. The maximum Gasteiger partial charge on any atom is 0.137 e. The molecule has 3 aliphatic rings. The monoisotopic (exact) mass is 155 g/mol. The second-order valence-corrected chi connectivity index (χ2v) is 3.57. The lowest BCUT2D eigenvalue weighted by molar-refractivity contribution is -0.115. The first kappa shape index (κ1) is 7.25. The van der Waals surface area contributed by atoms with Crippen LogP contribution in [-0.2, 0) is 4.79 Å². The first-order valence-electron chi connectivity index (χ1n) is 4.20. The molecular weight excluding hydrogens is 142 g/mol. The number of carbonyl (C=O) groups excluding carboxylic acids is 1. The van der Waals surface area contributed by atoms with E-state index in [1.807, 2.05) is 0 Å². The van der Waals surface area contributed by atoms with Gasteiger partial charge in [-0.05, 0) is 19.3 Å². The highest BCUT2D eigenvalue weighted by atomic mass is 16.3. The van der Waals surface area contributed by atoms with E-state index in [1.165, 1.54) is 0 Å². The minimum atomic E-state index is -0.245. The molecule has 0 aromatic carbocycles. The van der Waals surface area contributed by atoms with Crippen LogP contribution in [0.5, 0.6) is 0 Å². The SMILES string of the molecule is O=C[C@H]1N[C@H]2CC[C@@H]1[C@H](O)C2. The highest BCUT2D eigenvalue weighted by molar-refractivity contribution is 5.59. The number of fused-ring (bicyclic) bond motifs is 3. The maximum atomic E-state index is 10.5. The van der Waals surface area contributed by atoms with Crippen molar-refractivity contribution in [3.8, 4) is 0 Å². The van der Waals surface area contributed by atoms with Crippen molar-refractivity contribution < 1.29 is 9.90 Å². The van der Waals surface area contributed by atoms with E-state index in [9.17, 15) is 9.90 Å². The van der Waals surface area contributed by atoms with Gasteiger partial charge in [-0.1, -0.05) is 0 Å². The number of piperidine rings is 2. The van der Waals surface area contributed by atoms with E-state index < -0.39 is 0 Å². The normalized spacial score (nSPS) is 49.2. The fraction of sp³-hybridized carbons (Fsp3) is 0.875. The van der Waals surface area contributed by atoms with Gasteiger partial charge in [-0.3, -0.25) is 0 Å². The molecule has 1 aliphatic carbocycles. The molecule has 3 nitrogen and oxygen atoms in total. The summed E-state index contributed by atoms with van der Waals surface area (Å²) in [6.45, 7) is 0. The Hall–Kier alpha value is -0.410. The molecule has 2 aliphatic heterocycles. The number of aliphatic hydroxyl groups excluding tert-OH is 1. The third-order valence-electron chi connectivity index (χ3n) is 2.90. The summed E-state index contributed by atoms with van der Waals surface area (Å²) in [7, 11) is 0. The van der Waals surface area contributed by atoms with E-state index in [2.05, 4.69) is 5.32 Å². The summed E-state index contributed by atoms with van der Waals surface area (Å²) in [5.74, 6) is 0.178. The minimum Gasteiger partial charge on any atom is -0.393 e. The van der Waals surface area contributed by atoms with Crippen LogP contribution in [0.25, 0.3) is 0 Å². The van der Waals surface area contributed by atoms with Crippen LogP contribution in [0.15, 0.2) is 0 Å². The summed E-state index contributed by atoms with van der Waals surface area (Å²) >= 11 is 0. The number of hydrogen-bond donors (Lipinski definition) is 2. The number of carbonyl (C=O) groups is 1. The molecule has 11 heavy (non-hydrogen) atoms. The Bertz CT molecular complexity index is 171. The predicted octanol–water partition coefficient (Wildman–Crippen LogP) is -0.313. The standard InChI is InChI=1S/C8H13NO2/c10-4-7-6-2-1-5(9-7)3-8(6)11/h4-9,11H,1-3H2/t5-,6-,7+,8+/m0/s1. The van der Waals surface area contributed by atoms with Crippen molar-refractivity contribution in [2.45, 2.75) is 37.5 Å². The average molecular weight is 155 g/mol. The van der Waals surface area contributed by atoms with Crippen molar-refractivity contribution in [2.24, 2.45) is 5.92 Å². The van der Waals surface area contributed by atoms with Crippen molar-refractivity contribution >= 4 is 6.29 Å². The molecular formula is C8H13NO2. The molecule has 0 aromatic heterocycles. The molecule has 2 N–H and O–H groups in total. The van der Waals surface area contributed by atoms with Gasteiger partial charge >= 0.3 is 0 Å². The fourth-order valence-electron chi connectivity index (χ4n) is 2.28. The van der Waals surface area contributed by atoms with E-state index in [4.69, 9.17) is 0 Å². The van der Waals surface area contributed by atoms with E-state index in [-0.39, 0.29) is 18.1 Å². The lowest BCUT2D eigenvalue weighted by Gasteiger charge is -2.44. The summed E-state index contributed by atoms with van der Waals surface area (Å²) in [6, 6.07) is 0.294. The van der Waals surface area contributed by atoms with Gasteiger partial charge < -0.3 is 15.2 Å². The van der Waals surface area contributed by atoms with E-state index >= 15 is 0 Å². The summed E-state index contributed by atoms with van der Waals surface area (Å²) in [4.78, 5) is 10.5. The van der Waals surface area contributed by atoms with Gasteiger partial charge in [-0.2, -0.15) is 0 Å². The minimum absolute atomic E-state index is 0.0856. The Balaban J connectivity index is 2.12. The topological polar surface area (TPSA) is 49.3 Å². The summed E-state index contributed by atoms with van der Waals surface area (Å²) in [6.07, 6.45) is 3.63. The molecule has 2 heterocycles. The van der Waals surface area contributed by atoms with Crippen LogP contribution in [0, 0.1) is 5.92 Å². The molecule has 0 spiro atoms. The van der Waals surface area contributed by atoms with Gasteiger partial charge in [-0.25, -0.2) is 0 Å². The van der Waals surface area contributed by atoms with Crippen LogP contribution in [0.2, 0.25) is 0 Å². The Morgan fingerprint density at radius 3 is 2.73 bits per heavy atom. The quantitative estimate of drug-likeness (QED) is 0.510. The molecule has 2 bridgehead atoms. The lowest BCUT2D eigenvalue weighted by atomic mass is 9.75. The van der Waals surface area contributed by atoms with E-state index in [0.717, 1.165) is 25.5 Å². The largest absolute Gasteiger partial charge is 0.393 e. The molecule has 0 aromatic rings. The first-order chi connectivity index (χ1) is 5.31. The summed E-state index contributed by atoms with van der Waals surface area (Å²) in [5.41, 5.74) is 0. The van der Waals surface area contributed by atoms with Crippen molar-refractivity contribution in [2.75, 3.05) is 0 Å². The number of hydrogen-bond acceptors (Lipinski definition) is 3. The van der Waals surface area contributed by atoms with Gasteiger partial charge in [0.1, 0.15) is 6.29 Å². The first-order valence-corrected chi connectivity index (χ1v) is 4.20. The number of nitrogens with one attached hydrogen (secondary N) is 1. The second kappa shape index (κ2) is 2.57. The number of aliphatic hydroxyl groups is 1. The van der Waals surface area contributed by atoms with Crippen LogP contribution in [0.3, 0.4) is 0 Å². The Labute approximate surface area is 65.8 Å². The molecule has 3 rings (SSSR count). The predicted molar refractivity (Wildman–Crippen MR) is 40.1 cm³/mol. The van der Waals surface area contributed by atoms with Gasteiger partial charge in [0.25, 0.3) is 0 Å². The molecule has 62 valence electrons. The van der Waals surface area contributed by atoms with Gasteiger partial charge in [-0.15, -0.1) is 0 Å². The molecule has 1 saturated carbocycles. The van der Waals surface area contributed by atoms with Crippen LogP contribution in [-0.4, -0.2) is 29.6 Å². The van der Waals surface area contributed by atoms with Gasteiger partial charge in [0.2, 0.25) is 0 Å². The molecule has 3 fully saturated rings. The van der Waals surface area contributed by atoms with Crippen molar-refractivity contribution in [3.63, 3.8) is 0 Å². The fourth-order valence-corrected chi connectivity index (χ4v) is 2.28. The molecule has 2 saturated heterocycles. The third kappa shape index (κ3) is 1.08. The molecule has 3 heteroatoms. The van der Waals surface area contributed by atoms with Crippen LogP contribution in [0.1, 0.15) is 19.3 Å². The van der Waals surface area contributed by atoms with Crippen molar-refractivity contribution in [1.29, 1.82) is 0 Å². The summed E-state index contributed by atoms with van der Waals surface area (Å²) in [5, 5.41) is 12.7. The maximum absolute atomic E-state index is 10.5.